The SMILES string of the molecule is Nc1ccccc1NC(c1ccc(Cl)cc1)c1ccc(Cl)cc1. The molecule has 23 heavy (non-hydrogen) atoms. The number of hydrogen-bond acceptors (Lipinski definition) is 2. The van der Waals surface area contributed by atoms with Crippen molar-refractivity contribution in [3.8, 4) is 0 Å². The summed E-state index contributed by atoms with van der Waals surface area (Å²) in [4.78, 5) is 0. The van der Waals surface area contributed by atoms with Crippen LogP contribution in [0.3, 0.4) is 0 Å². The van der Waals surface area contributed by atoms with Crippen molar-refractivity contribution in [2.75, 3.05) is 11.1 Å². The molecule has 3 N–H and O–H groups in total. The highest BCUT2D eigenvalue weighted by atomic mass is 35.5. The van der Waals surface area contributed by atoms with Gasteiger partial charge in [0, 0.05) is 10.0 Å². The van der Waals surface area contributed by atoms with Crippen LogP contribution in [-0.4, -0.2) is 0 Å². The van der Waals surface area contributed by atoms with Gasteiger partial charge < -0.3 is 11.1 Å². The molecule has 0 aliphatic carbocycles. The number of anilines is 2. The molecule has 0 spiro atoms. The number of nitrogens with one attached hydrogen (secondary N) is 1. The summed E-state index contributed by atoms with van der Waals surface area (Å²) in [7, 11) is 0. The lowest BCUT2D eigenvalue weighted by molar-refractivity contribution is 0.940. The van der Waals surface area contributed by atoms with Gasteiger partial charge in [-0.1, -0.05) is 59.6 Å². The molecule has 0 aromatic heterocycles. The number of nitrogens with two attached hydrogens (primary N) is 1. The zero-order chi connectivity index (χ0) is 16.2. The van der Waals surface area contributed by atoms with Crippen LogP contribution in [0.2, 0.25) is 10.0 Å². The quantitative estimate of drug-likeness (QED) is 0.590. The predicted molar refractivity (Wildman–Crippen MR) is 99.2 cm³/mol. The van der Waals surface area contributed by atoms with Crippen LogP contribution in [0.15, 0.2) is 72.8 Å². The van der Waals surface area contributed by atoms with E-state index >= 15 is 0 Å². The lowest BCUT2D eigenvalue weighted by atomic mass is 9.98. The van der Waals surface area contributed by atoms with Gasteiger partial charge in [-0.15, -0.1) is 0 Å². The van der Waals surface area contributed by atoms with Crippen molar-refractivity contribution in [2.24, 2.45) is 0 Å². The summed E-state index contributed by atoms with van der Waals surface area (Å²) in [5, 5.41) is 4.93. The topological polar surface area (TPSA) is 38.0 Å². The normalized spacial score (nSPS) is 10.7. The molecule has 0 radical (unpaired) electrons. The van der Waals surface area contributed by atoms with E-state index in [1.807, 2.05) is 72.8 Å². The Hall–Kier alpha value is -2.16. The molecular formula is C19H16Cl2N2. The van der Waals surface area contributed by atoms with Crippen molar-refractivity contribution in [3.63, 3.8) is 0 Å². The van der Waals surface area contributed by atoms with Gasteiger partial charge >= 0.3 is 0 Å². The second-order valence-electron chi connectivity index (χ2n) is 5.27. The van der Waals surface area contributed by atoms with Gasteiger partial charge in [0.2, 0.25) is 0 Å². The Labute approximate surface area is 145 Å². The number of hydrogen-bond donors (Lipinski definition) is 2. The maximum Gasteiger partial charge on any atom is 0.0768 e. The minimum Gasteiger partial charge on any atom is -0.397 e. The van der Waals surface area contributed by atoms with Gasteiger partial charge in [0.1, 0.15) is 0 Å². The van der Waals surface area contributed by atoms with Crippen molar-refractivity contribution in [1.82, 2.24) is 0 Å². The summed E-state index contributed by atoms with van der Waals surface area (Å²) in [5.41, 5.74) is 9.86. The van der Waals surface area contributed by atoms with Gasteiger partial charge in [-0.2, -0.15) is 0 Å². The molecule has 0 saturated heterocycles. The van der Waals surface area contributed by atoms with Crippen LogP contribution in [0.1, 0.15) is 17.2 Å². The molecule has 0 aliphatic rings. The van der Waals surface area contributed by atoms with Crippen molar-refractivity contribution in [3.05, 3.63) is 94.0 Å². The Morgan fingerprint density at radius 3 is 1.65 bits per heavy atom. The fourth-order valence-electron chi connectivity index (χ4n) is 2.45. The van der Waals surface area contributed by atoms with Crippen LogP contribution in [-0.2, 0) is 0 Å². The monoisotopic (exact) mass is 342 g/mol. The molecule has 3 rings (SSSR count). The van der Waals surface area contributed by atoms with Crippen LogP contribution in [0, 0.1) is 0 Å². The van der Waals surface area contributed by atoms with E-state index in [9.17, 15) is 0 Å². The number of nitrogen functional groups attached to an aromatic ring is 1. The summed E-state index contributed by atoms with van der Waals surface area (Å²) in [6, 6.07) is 23.2. The molecular weight excluding hydrogens is 327 g/mol. The fraction of sp³-hybridized carbons (Fsp3) is 0.0526. The third-order valence-electron chi connectivity index (χ3n) is 3.67. The summed E-state index contributed by atoms with van der Waals surface area (Å²) in [6.45, 7) is 0. The summed E-state index contributed by atoms with van der Waals surface area (Å²) in [6.07, 6.45) is 0. The van der Waals surface area contributed by atoms with Crippen molar-refractivity contribution in [2.45, 2.75) is 6.04 Å². The highest BCUT2D eigenvalue weighted by molar-refractivity contribution is 6.30. The Kier molecular flexibility index (Phi) is 4.75. The molecule has 0 bridgehead atoms. The van der Waals surface area contributed by atoms with E-state index in [1.165, 1.54) is 0 Å². The second-order valence-corrected chi connectivity index (χ2v) is 6.14. The Morgan fingerprint density at radius 1 is 0.696 bits per heavy atom. The maximum absolute atomic E-state index is 6.07. The maximum atomic E-state index is 6.07. The number of halogens is 2. The van der Waals surface area contributed by atoms with E-state index in [2.05, 4.69) is 5.32 Å². The van der Waals surface area contributed by atoms with E-state index in [0.717, 1.165) is 16.8 Å². The Balaban J connectivity index is 2.01. The number of para-hydroxylation sites is 2. The van der Waals surface area contributed by atoms with Gasteiger partial charge in [-0.05, 0) is 47.5 Å². The molecule has 0 atom stereocenters. The molecule has 0 saturated carbocycles. The Bertz CT molecular complexity index is 738. The third-order valence-corrected chi connectivity index (χ3v) is 4.17. The van der Waals surface area contributed by atoms with Gasteiger partial charge in [-0.25, -0.2) is 0 Å². The summed E-state index contributed by atoms with van der Waals surface area (Å²) >= 11 is 12.0. The molecule has 4 heteroatoms. The minimum absolute atomic E-state index is 0.0470. The van der Waals surface area contributed by atoms with Gasteiger partial charge in [-0.3, -0.25) is 0 Å². The minimum atomic E-state index is -0.0470. The van der Waals surface area contributed by atoms with Crippen LogP contribution < -0.4 is 11.1 Å². The molecule has 3 aromatic rings. The van der Waals surface area contributed by atoms with Crippen molar-refractivity contribution in [1.29, 1.82) is 0 Å². The van der Waals surface area contributed by atoms with Crippen LogP contribution in [0.5, 0.6) is 0 Å². The van der Waals surface area contributed by atoms with Crippen molar-refractivity contribution < 1.29 is 0 Å². The van der Waals surface area contributed by atoms with Gasteiger partial charge in [0.25, 0.3) is 0 Å². The lowest BCUT2D eigenvalue weighted by Gasteiger charge is -2.22. The molecule has 0 amide bonds. The first-order valence-corrected chi connectivity index (χ1v) is 8.01. The summed E-state index contributed by atoms with van der Waals surface area (Å²) < 4.78 is 0. The van der Waals surface area contributed by atoms with E-state index in [0.29, 0.717) is 15.7 Å². The first kappa shape index (κ1) is 15.7. The van der Waals surface area contributed by atoms with Crippen LogP contribution in [0.25, 0.3) is 0 Å². The number of benzene rings is 3. The van der Waals surface area contributed by atoms with E-state index in [-0.39, 0.29) is 6.04 Å². The second kappa shape index (κ2) is 6.95. The highest BCUT2D eigenvalue weighted by Crippen LogP contribution is 2.30. The van der Waals surface area contributed by atoms with Crippen molar-refractivity contribution >= 4 is 34.6 Å². The number of rotatable bonds is 4. The Morgan fingerprint density at radius 2 is 1.17 bits per heavy atom. The summed E-state index contributed by atoms with van der Waals surface area (Å²) in [5.74, 6) is 0. The highest BCUT2D eigenvalue weighted by Gasteiger charge is 2.15. The van der Waals surface area contributed by atoms with E-state index < -0.39 is 0 Å². The molecule has 2 nitrogen and oxygen atoms in total. The largest absolute Gasteiger partial charge is 0.397 e. The average molecular weight is 343 g/mol. The molecule has 0 heterocycles. The fourth-order valence-corrected chi connectivity index (χ4v) is 2.71. The molecule has 0 unspecified atom stereocenters. The predicted octanol–water partition coefficient (Wildman–Crippen LogP) is 5.78. The molecule has 3 aromatic carbocycles. The van der Waals surface area contributed by atoms with E-state index in [4.69, 9.17) is 28.9 Å². The average Bonchev–Trinajstić information content (AvgIpc) is 2.56. The van der Waals surface area contributed by atoms with Gasteiger partial charge in [0.15, 0.2) is 0 Å². The third kappa shape index (κ3) is 3.79. The lowest BCUT2D eigenvalue weighted by Crippen LogP contribution is -2.13. The van der Waals surface area contributed by atoms with Crippen LogP contribution in [0.4, 0.5) is 11.4 Å². The van der Waals surface area contributed by atoms with Gasteiger partial charge in [0.05, 0.1) is 17.4 Å². The van der Waals surface area contributed by atoms with Crippen LogP contribution >= 0.6 is 23.2 Å². The smallest absolute Gasteiger partial charge is 0.0768 e. The zero-order valence-electron chi connectivity index (χ0n) is 12.3. The first-order chi connectivity index (χ1) is 11.1. The standard InChI is InChI=1S/C19H16Cl2N2/c20-15-9-5-13(6-10-15)19(14-7-11-16(21)12-8-14)23-18-4-2-1-3-17(18)22/h1-12,19,23H,22H2. The molecule has 0 aliphatic heterocycles. The zero-order valence-corrected chi connectivity index (χ0v) is 13.9. The molecule has 0 fully saturated rings. The molecule has 116 valence electrons. The first-order valence-electron chi connectivity index (χ1n) is 7.25. The van der Waals surface area contributed by atoms with E-state index in [1.54, 1.807) is 0 Å².